The van der Waals surface area contributed by atoms with Gasteiger partial charge in [-0.15, -0.1) is 0 Å². The summed E-state index contributed by atoms with van der Waals surface area (Å²) in [5.41, 5.74) is -3.29. The van der Waals surface area contributed by atoms with Crippen LogP contribution in [0.3, 0.4) is 0 Å². The smallest absolute Gasteiger partial charge is 0.486 e. The van der Waals surface area contributed by atoms with Gasteiger partial charge in [0.05, 0.1) is 0 Å². The van der Waals surface area contributed by atoms with E-state index in [1.54, 1.807) is 0 Å². The zero-order valence-electron chi connectivity index (χ0n) is 8.20. The number of phosphoric acid groups is 1. The maximum Gasteiger partial charge on any atom is 0.486 e. The van der Waals surface area contributed by atoms with E-state index in [0.29, 0.717) is 0 Å². The normalized spacial score (nSPS) is 63.1. The van der Waals surface area contributed by atoms with Crippen LogP contribution in [0.5, 0.6) is 0 Å². The van der Waals surface area contributed by atoms with Gasteiger partial charge in [-0.2, -0.15) is 0 Å². The van der Waals surface area contributed by atoms with Crippen molar-refractivity contribution in [1.82, 2.24) is 0 Å². The molecule has 4 aliphatic heterocycles. The molecule has 2 bridgehead atoms. The number of rotatable bonds is 1. The monoisotopic (exact) mass is 304 g/mol. The van der Waals surface area contributed by atoms with Crippen molar-refractivity contribution in [3.8, 4) is 0 Å². The molecule has 0 aromatic heterocycles. The summed E-state index contributed by atoms with van der Waals surface area (Å²) in [6, 6.07) is 0. The Labute approximate surface area is 98.9 Å². The zero-order chi connectivity index (χ0) is 13.6. The van der Waals surface area contributed by atoms with Gasteiger partial charge >= 0.3 is 27.4 Å². The van der Waals surface area contributed by atoms with Crippen molar-refractivity contribution >= 4 is 15.9 Å². The molecule has 4 aliphatic rings. The number of phosphoric ester groups is 1. The lowest BCUT2D eigenvalue weighted by atomic mass is 9.98. The molecule has 1 unspecified atom stereocenters. The van der Waals surface area contributed by atoms with Gasteiger partial charge in [-0.1, -0.05) is 4.57 Å². The Morgan fingerprint density at radius 2 is 1.72 bits per heavy atom. The lowest BCUT2D eigenvalue weighted by Gasteiger charge is -2.47. The first-order chi connectivity index (χ1) is 8.09. The van der Waals surface area contributed by atoms with Gasteiger partial charge < -0.3 is 25.3 Å². The highest BCUT2D eigenvalue weighted by Crippen LogP contribution is 2.80. The molecule has 0 amide bonds. The van der Waals surface area contributed by atoms with E-state index in [1.165, 1.54) is 0 Å². The molecule has 4 heterocycles. The summed E-state index contributed by atoms with van der Waals surface area (Å²) < 4.78 is 39.9. The fraction of sp³-hybridized carbons (Fsp3) is 1.00. The minimum Gasteiger partial charge on any atom is -0.591 e. The maximum absolute atomic E-state index is 11.3. The molecule has 0 aliphatic carbocycles. The lowest BCUT2D eigenvalue weighted by Crippen LogP contribution is -2.75. The van der Waals surface area contributed by atoms with Crippen molar-refractivity contribution in [1.29, 1.82) is 0 Å². The van der Waals surface area contributed by atoms with Crippen LogP contribution in [0.1, 0.15) is 0 Å². The van der Waals surface area contributed by atoms with Crippen molar-refractivity contribution in [3.05, 3.63) is 0 Å². The van der Waals surface area contributed by atoms with Crippen LogP contribution in [0.15, 0.2) is 0 Å². The second kappa shape index (κ2) is 3.17. The quantitative estimate of drug-likeness (QED) is 0.363. The van der Waals surface area contributed by atoms with E-state index in [-0.39, 0.29) is 0 Å². The molecule has 5 atom stereocenters. The first kappa shape index (κ1) is 13.0. The highest BCUT2D eigenvalue weighted by molar-refractivity contribution is 7.50. The standard InChI is InChI=1S/C5H6O11P2/c6-1-2(7)4(9,17(10)11)13-5-3(1,8)14-18(12,15-5)16-5/h1-2,6-9H/t1-,2+,3+,4-,5?,18?/m0/s1. The van der Waals surface area contributed by atoms with Crippen molar-refractivity contribution in [2.24, 2.45) is 0 Å². The summed E-state index contributed by atoms with van der Waals surface area (Å²) in [7, 11) is -8.01. The van der Waals surface area contributed by atoms with Crippen LogP contribution in [0, 0.1) is 0 Å². The molecule has 0 aromatic rings. The van der Waals surface area contributed by atoms with Crippen LogP contribution in [-0.2, 0) is 27.4 Å². The molecule has 18 heavy (non-hydrogen) atoms. The number of hydrogen-bond donors (Lipinski definition) is 4. The Morgan fingerprint density at radius 3 is 2.22 bits per heavy atom. The highest BCUT2D eigenvalue weighted by atomic mass is 31.2. The van der Waals surface area contributed by atoms with E-state index in [0.717, 1.165) is 0 Å². The Kier molecular flexibility index (Phi) is 2.28. The van der Waals surface area contributed by atoms with E-state index >= 15 is 0 Å². The van der Waals surface area contributed by atoms with E-state index in [9.17, 15) is 34.4 Å². The third-order valence-electron chi connectivity index (χ3n) is 2.79. The Bertz CT molecular complexity index is 482. The summed E-state index contributed by atoms with van der Waals surface area (Å²) in [6.45, 7) is 0. The predicted molar refractivity (Wildman–Crippen MR) is 44.2 cm³/mol. The molecule has 4 rings (SSSR count). The minimum atomic E-state index is -4.18. The molecule has 13 heteroatoms. The van der Waals surface area contributed by atoms with Crippen LogP contribution in [0.25, 0.3) is 0 Å². The molecule has 11 nitrogen and oxygen atoms in total. The highest BCUT2D eigenvalue weighted by Gasteiger charge is 2.90. The van der Waals surface area contributed by atoms with Crippen LogP contribution in [0.4, 0.5) is 0 Å². The predicted octanol–water partition coefficient (Wildman–Crippen LogP) is -2.99. The maximum atomic E-state index is 11.3. The molecular weight excluding hydrogens is 298 g/mol. The average Bonchev–Trinajstić information content (AvgIpc) is 2.56. The number of ether oxygens (including phenoxy) is 1. The van der Waals surface area contributed by atoms with Crippen molar-refractivity contribution < 1.29 is 52.8 Å². The molecule has 0 saturated carbocycles. The van der Waals surface area contributed by atoms with Crippen LogP contribution in [-0.4, -0.2) is 49.9 Å². The van der Waals surface area contributed by atoms with Gasteiger partial charge in [-0.3, -0.25) is 0 Å². The average molecular weight is 304 g/mol. The molecule has 0 radical (unpaired) electrons. The molecule has 4 fully saturated rings. The largest absolute Gasteiger partial charge is 0.591 e. The summed E-state index contributed by atoms with van der Waals surface area (Å²) >= 11 is 0. The number of aliphatic hydroxyl groups is 4. The van der Waals surface area contributed by atoms with Crippen molar-refractivity contribution in [2.45, 2.75) is 29.5 Å². The van der Waals surface area contributed by atoms with Gasteiger partial charge in [0.15, 0.2) is 12.2 Å². The first-order valence-corrected chi connectivity index (χ1v) is 7.10. The summed E-state index contributed by atoms with van der Waals surface area (Å²) in [5, 5.41) is 38.5. The fourth-order valence-corrected chi connectivity index (χ4v) is 3.99. The molecule has 4 saturated heterocycles. The van der Waals surface area contributed by atoms with E-state index < -0.39 is 45.3 Å². The zero-order valence-corrected chi connectivity index (χ0v) is 9.98. The van der Waals surface area contributed by atoms with Crippen LogP contribution >= 0.6 is 15.9 Å². The topological polar surface area (TPSA) is 175 Å². The minimum absolute atomic E-state index is 2.40. The lowest BCUT2D eigenvalue weighted by molar-refractivity contribution is -0.505. The second-order valence-electron chi connectivity index (χ2n) is 3.88. The number of hydrogen-bond acceptors (Lipinski definition) is 11. The third-order valence-corrected chi connectivity index (χ3v) is 5.09. The van der Waals surface area contributed by atoms with Gasteiger partial charge in [0.2, 0.25) is 0 Å². The van der Waals surface area contributed by atoms with E-state index in [1.807, 2.05) is 0 Å². The summed E-state index contributed by atoms with van der Waals surface area (Å²) in [5.74, 6) is -5.69. The van der Waals surface area contributed by atoms with Crippen molar-refractivity contribution in [2.75, 3.05) is 0 Å². The molecule has 4 N–H and O–H groups in total. The first-order valence-electron chi connectivity index (χ1n) is 4.46. The SMILES string of the molecule is O=[P+]([O-])[C@@]1(O)OC23OP(=O)(O2)O[C@]3(O)[C@@H](O)[C@H]1O. The van der Waals surface area contributed by atoms with E-state index in [4.69, 9.17) is 0 Å². The Balaban J connectivity index is 2.08. The van der Waals surface area contributed by atoms with Gasteiger partial charge in [-0.25, -0.2) is 22.9 Å². The van der Waals surface area contributed by atoms with Gasteiger partial charge in [0, 0.05) is 0 Å². The Hall–Kier alpha value is -0.0300. The summed E-state index contributed by atoms with van der Waals surface area (Å²) in [4.78, 5) is 10.9. The molecule has 1 spiro atoms. The molecular formula is C5H6O11P2. The number of aliphatic hydroxyl groups excluding tert-OH is 2. The van der Waals surface area contributed by atoms with Crippen molar-refractivity contribution in [3.63, 3.8) is 0 Å². The van der Waals surface area contributed by atoms with Crippen LogP contribution in [0.2, 0.25) is 0 Å². The third kappa shape index (κ3) is 1.18. The molecule has 102 valence electrons. The van der Waals surface area contributed by atoms with Gasteiger partial charge in [-0.05, 0) is 0 Å². The van der Waals surface area contributed by atoms with Gasteiger partial charge in [0.1, 0.15) is 0 Å². The second-order valence-corrected chi connectivity index (χ2v) is 6.48. The molecule has 0 aromatic carbocycles. The Morgan fingerprint density at radius 1 is 1.17 bits per heavy atom. The van der Waals surface area contributed by atoms with E-state index in [2.05, 4.69) is 18.3 Å². The van der Waals surface area contributed by atoms with Gasteiger partial charge in [0.25, 0.3) is 5.79 Å². The summed E-state index contributed by atoms with van der Waals surface area (Å²) in [6.07, 6.45) is -4.89. The fourth-order valence-electron chi connectivity index (χ4n) is 1.86. The van der Waals surface area contributed by atoms with Crippen LogP contribution < -0.4 is 4.89 Å².